The molecule has 0 aromatic heterocycles. The first-order valence-electron chi connectivity index (χ1n) is 3.54. The number of methoxy groups -OCH3 is 1. The van der Waals surface area contributed by atoms with Crippen LogP contribution in [0.15, 0.2) is 12.7 Å². The van der Waals surface area contributed by atoms with Crippen molar-refractivity contribution in [1.29, 1.82) is 0 Å². The van der Waals surface area contributed by atoms with E-state index in [1.807, 2.05) is 0 Å². The van der Waals surface area contributed by atoms with Gasteiger partial charge in [0.2, 0.25) is 0 Å². The van der Waals surface area contributed by atoms with E-state index in [2.05, 4.69) is 6.58 Å². The van der Waals surface area contributed by atoms with E-state index >= 15 is 0 Å². The molecule has 0 amide bonds. The molecule has 0 radical (unpaired) electrons. The van der Waals surface area contributed by atoms with E-state index in [9.17, 15) is 13.2 Å². The van der Waals surface area contributed by atoms with Gasteiger partial charge in [-0.1, -0.05) is 6.08 Å². The van der Waals surface area contributed by atoms with Gasteiger partial charge in [-0.25, -0.2) is 0 Å². The summed E-state index contributed by atoms with van der Waals surface area (Å²) in [7, 11) is 1.27. The molecule has 0 spiro atoms. The van der Waals surface area contributed by atoms with Gasteiger partial charge in [0, 0.05) is 7.11 Å². The van der Waals surface area contributed by atoms with Gasteiger partial charge in [-0.15, -0.1) is 6.58 Å². The molecule has 0 N–H and O–H groups in total. The Labute approximate surface area is 70.2 Å². The van der Waals surface area contributed by atoms with Gasteiger partial charge in [-0.05, 0) is 0 Å². The third kappa shape index (κ3) is 2.00. The van der Waals surface area contributed by atoms with Crippen LogP contribution in [0, 0.1) is 5.41 Å². The highest BCUT2D eigenvalue weighted by molar-refractivity contribution is 4.96. The van der Waals surface area contributed by atoms with E-state index in [1.165, 1.54) is 13.2 Å². The molecule has 0 aliphatic rings. The van der Waals surface area contributed by atoms with Crippen LogP contribution in [0.25, 0.3) is 0 Å². The number of alkyl halides is 3. The highest BCUT2D eigenvalue weighted by atomic mass is 19.1. The van der Waals surface area contributed by atoms with Crippen LogP contribution in [0.5, 0.6) is 0 Å². The Morgan fingerprint density at radius 3 is 1.83 bits per heavy atom. The maximum atomic E-state index is 12.3. The summed E-state index contributed by atoms with van der Waals surface area (Å²) in [5.41, 5.74) is -1.70. The van der Waals surface area contributed by atoms with Crippen molar-refractivity contribution in [3.05, 3.63) is 12.7 Å². The van der Waals surface area contributed by atoms with E-state index < -0.39 is 31.5 Å². The van der Waals surface area contributed by atoms with Crippen LogP contribution in [0.3, 0.4) is 0 Å². The van der Waals surface area contributed by atoms with Gasteiger partial charge in [-0.3, -0.25) is 13.2 Å². The quantitative estimate of drug-likeness (QED) is 0.571. The summed E-state index contributed by atoms with van der Waals surface area (Å²) in [6, 6.07) is 0. The average Bonchev–Trinajstić information content (AvgIpc) is 2.14. The molecule has 72 valence electrons. The standard InChI is InChI=1S/C8H13F3O/c1-3-7(12-2)8(4-9,5-10)6-11/h3,7H,1,4-6H2,2H3. The molecule has 0 saturated heterocycles. The average molecular weight is 182 g/mol. The minimum atomic E-state index is -1.70. The summed E-state index contributed by atoms with van der Waals surface area (Å²) in [5.74, 6) is 0. The van der Waals surface area contributed by atoms with Crippen molar-refractivity contribution in [3.63, 3.8) is 0 Å². The molecule has 1 unspecified atom stereocenters. The number of hydrogen-bond donors (Lipinski definition) is 0. The summed E-state index contributed by atoms with van der Waals surface area (Å²) >= 11 is 0. The monoisotopic (exact) mass is 182 g/mol. The van der Waals surface area contributed by atoms with Crippen molar-refractivity contribution in [2.24, 2.45) is 5.41 Å². The number of hydrogen-bond acceptors (Lipinski definition) is 1. The Morgan fingerprint density at radius 1 is 1.33 bits per heavy atom. The topological polar surface area (TPSA) is 9.23 Å². The lowest BCUT2D eigenvalue weighted by Gasteiger charge is -2.30. The Bertz CT molecular complexity index is 126. The predicted octanol–water partition coefficient (Wildman–Crippen LogP) is 2.08. The third-order valence-corrected chi connectivity index (χ3v) is 1.87. The summed E-state index contributed by atoms with van der Waals surface area (Å²) in [6.07, 6.45) is 0.288. The summed E-state index contributed by atoms with van der Waals surface area (Å²) in [6.45, 7) is 0.0384. The molecule has 0 aromatic carbocycles. The molecule has 0 bridgehead atoms. The number of halogens is 3. The second kappa shape index (κ2) is 5.19. The normalized spacial score (nSPS) is 14.3. The second-order valence-electron chi connectivity index (χ2n) is 2.66. The molecule has 0 aliphatic carbocycles. The first-order valence-corrected chi connectivity index (χ1v) is 3.54. The fourth-order valence-electron chi connectivity index (χ4n) is 0.931. The van der Waals surface area contributed by atoms with E-state index in [-0.39, 0.29) is 0 Å². The van der Waals surface area contributed by atoms with Crippen molar-refractivity contribution in [1.82, 2.24) is 0 Å². The largest absolute Gasteiger partial charge is 0.377 e. The zero-order valence-corrected chi connectivity index (χ0v) is 7.03. The van der Waals surface area contributed by atoms with E-state index in [0.29, 0.717) is 0 Å². The fraction of sp³-hybridized carbons (Fsp3) is 0.750. The highest BCUT2D eigenvalue weighted by Gasteiger charge is 2.38. The fourth-order valence-corrected chi connectivity index (χ4v) is 0.931. The third-order valence-electron chi connectivity index (χ3n) is 1.87. The van der Waals surface area contributed by atoms with Gasteiger partial charge in [0.05, 0.1) is 11.5 Å². The molecule has 1 nitrogen and oxygen atoms in total. The Kier molecular flexibility index (Phi) is 4.97. The lowest BCUT2D eigenvalue weighted by atomic mass is 9.86. The van der Waals surface area contributed by atoms with Crippen molar-refractivity contribution in [3.8, 4) is 0 Å². The zero-order valence-electron chi connectivity index (χ0n) is 7.03. The van der Waals surface area contributed by atoms with Gasteiger partial charge in [-0.2, -0.15) is 0 Å². The lowest BCUT2D eigenvalue weighted by molar-refractivity contribution is -0.0261. The van der Waals surface area contributed by atoms with Crippen molar-refractivity contribution in [2.75, 3.05) is 27.1 Å². The number of rotatable bonds is 6. The van der Waals surface area contributed by atoms with E-state index in [1.54, 1.807) is 0 Å². The van der Waals surface area contributed by atoms with Crippen molar-refractivity contribution in [2.45, 2.75) is 6.10 Å². The van der Waals surface area contributed by atoms with Crippen LogP contribution in [0.2, 0.25) is 0 Å². The molecule has 12 heavy (non-hydrogen) atoms. The van der Waals surface area contributed by atoms with Crippen LogP contribution in [-0.4, -0.2) is 33.2 Å². The molecular weight excluding hydrogens is 169 g/mol. The smallest absolute Gasteiger partial charge is 0.103 e. The Hall–Kier alpha value is -0.510. The van der Waals surface area contributed by atoms with Gasteiger partial charge in [0.1, 0.15) is 20.0 Å². The summed E-state index contributed by atoms with van der Waals surface area (Å²) in [4.78, 5) is 0. The zero-order chi connectivity index (χ0) is 9.61. The van der Waals surface area contributed by atoms with Crippen LogP contribution in [0.4, 0.5) is 13.2 Å². The maximum absolute atomic E-state index is 12.3. The van der Waals surface area contributed by atoms with Crippen LogP contribution in [-0.2, 0) is 4.74 Å². The molecule has 0 rings (SSSR count). The molecule has 4 heteroatoms. The molecule has 0 heterocycles. The second-order valence-corrected chi connectivity index (χ2v) is 2.66. The number of ether oxygens (including phenoxy) is 1. The van der Waals surface area contributed by atoms with E-state index in [0.717, 1.165) is 0 Å². The molecule has 1 atom stereocenters. The minimum absolute atomic E-state index is 0.919. The molecular formula is C8H13F3O. The lowest BCUT2D eigenvalue weighted by Crippen LogP contribution is -2.41. The predicted molar refractivity (Wildman–Crippen MR) is 41.4 cm³/mol. The summed E-state index contributed by atoms with van der Waals surface area (Å²) < 4.78 is 41.7. The first kappa shape index (κ1) is 11.5. The van der Waals surface area contributed by atoms with Crippen LogP contribution < -0.4 is 0 Å². The summed E-state index contributed by atoms with van der Waals surface area (Å²) in [5, 5.41) is 0. The van der Waals surface area contributed by atoms with Crippen molar-refractivity contribution < 1.29 is 17.9 Å². The molecule has 0 aromatic rings. The van der Waals surface area contributed by atoms with Gasteiger partial charge in [0.15, 0.2) is 0 Å². The first-order chi connectivity index (χ1) is 5.70. The van der Waals surface area contributed by atoms with E-state index in [4.69, 9.17) is 4.74 Å². The minimum Gasteiger partial charge on any atom is -0.377 e. The highest BCUT2D eigenvalue weighted by Crippen LogP contribution is 2.27. The Balaban J connectivity index is 4.53. The molecule has 0 aliphatic heterocycles. The van der Waals surface area contributed by atoms with Crippen LogP contribution in [0.1, 0.15) is 0 Å². The molecule has 0 fully saturated rings. The molecule has 0 saturated carbocycles. The Morgan fingerprint density at radius 2 is 1.75 bits per heavy atom. The SMILES string of the molecule is C=CC(OC)C(CF)(CF)CF. The van der Waals surface area contributed by atoms with Gasteiger partial charge < -0.3 is 4.74 Å². The van der Waals surface area contributed by atoms with Gasteiger partial charge in [0.25, 0.3) is 0 Å². The van der Waals surface area contributed by atoms with Crippen molar-refractivity contribution >= 4 is 0 Å². The van der Waals surface area contributed by atoms with Gasteiger partial charge >= 0.3 is 0 Å². The maximum Gasteiger partial charge on any atom is 0.103 e. The van der Waals surface area contributed by atoms with Crippen LogP contribution >= 0.6 is 0 Å².